The van der Waals surface area contributed by atoms with Crippen LogP contribution in [-0.4, -0.2) is 57.9 Å². The number of nitrogens with zero attached hydrogens (tertiary/aromatic N) is 3. The smallest absolute Gasteiger partial charge is 0.349 e. The second kappa shape index (κ2) is 11.0. The largest absolute Gasteiger partial charge is 0.508 e. The maximum Gasteiger partial charge on any atom is 0.349 e. The lowest BCUT2D eigenvalue weighted by Crippen LogP contribution is -2.43. The van der Waals surface area contributed by atoms with Crippen LogP contribution in [0.4, 0.5) is 14.6 Å². The monoisotopic (exact) mass is 590 g/mol. The van der Waals surface area contributed by atoms with Crippen LogP contribution in [0, 0.1) is 18.7 Å². The van der Waals surface area contributed by atoms with E-state index in [0.717, 1.165) is 25.8 Å². The molecule has 3 aliphatic rings. The van der Waals surface area contributed by atoms with Gasteiger partial charge in [0, 0.05) is 36.0 Å². The zero-order chi connectivity index (χ0) is 29.7. The summed E-state index contributed by atoms with van der Waals surface area (Å²) in [7, 11) is 0. The van der Waals surface area contributed by atoms with Crippen molar-refractivity contribution in [1.29, 1.82) is 0 Å². The highest BCUT2D eigenvalue weighted by Crippen LogP contribution is 2.41. The van der Waals surface area contributed by atoms with Gasteiger partial charge in [0.1, 0.15) is 41.3 Å². The number of aromatic hydroxyl groups is 1. The van der Waals surface area contributed by atoms with Gasteiger partial charge in [-0.15, -0.1) is 0 Å². The number of hydrogen-bond acceptors (Lipinski definition) is 8. The Balaban J connectivity index is 1.32. The van der Waals surface area contributed by atoms with Crippen molar-refractivity contribution < 1.29 is 23.0 Å². The van der Waals surface area contributed by atoms with Crippen LogP contribution in [0.15, 0.2) is 39.5 Å². The molecule has 2 N–H and O–H groups in total. The molecule has 2 aliphatic heterocycles. The number of ether oxygens (including phenoxy) is 1. The fourth-order valence-electron chi connectivity index (χ4n) is 7.57. The Labute approximate surface area is 248 Å². The molecule has 0 radical (unpaired) electrons. The fraction of sp³-hybridized carbons (Fsp3) is 0.485. The molecule has 10 heteroatoms. The lowest BCUT2D eigenvalue weighted by molar-refractivity contribution is 0.107. The standard InChI is InChI=1S/C33H36F2N4O4/c1-19-28-27(31(41)43-29(19)24-15-23(40)14-21-8-4-9-25(35)26(21)24)30(36-12-10-20-6-2-3-7-20)38-32(37-28)42-18-33-11-5-13-39(33)17-22(34)16-33/h4,8-9,14-15,20,22,40H,2-3,5-7,10-13,16-18H2,1H3,(H,36,37,38)/t22-,33+/m1/s1. The van der Waals surface area contributed by atoms with Crippen LogP contribution in [-0.2, 0) is 0 Å². The van der Waals surface area contributed by atoms with E-state index in [1.807, 2.05) is 0 Å². The Bertz CT molecular complexity index is 1760. The molecule has 4 heterocycles. The SMILES string of the molecule is Cc1c(-c2cc(O)cc3cccc(F)c23)oc(=O)c2c(NCCC3CCCC3)nc(OC[C@@]34CCCN3C[C@H](F)C4)nc12. The number of alkyl halides is 1. The summed E-state index contributed by atoms with van der Waals surface area (Å²) < 4.78 is 41.6. The molecule has 1 saturated carbocycles. The molecule has 0 spiro atoms. The Morgan fingerprint density at radius 3 is 2.86 bits per heavy atom. The number of fused-ring (bicyclic) bond motifs is 3. The first kappa shape index (κ1) is 28.0. The molecule has 3 fully saturated rings. The number of aryl methyl sites for hydroxylation is 1. The van der Waals surface area contributed by atoms with E-state index in [2.05, 4.69) is 20.2 Å². The van der Waals surface area contributed by atoms with E-state index in [-0.39, 0.29) is 46.0 Å². The summed E-state index contributed by atoms with van der Waals surface area (Å²) in [5.74, 6) is 0.488. The van der Waals surface area contributed by atoms with Crippen molar-refractivity contribution in [2.24, 2.45) is 5.92 Å². The van der Waals surface area contributed by atoms with E-state index in [4.69, 9.17) is 9.15 Å². The summed E-state index contributed by atoms with van der Waals surface area (Å²) in [5, 5.41) is 14.7. The van der Waals surface area contributed by atoms with Gasteiger partial charge in [0.15, 0.2) is 0 Å². The first-order valence-electron chi connectivity index (χ1n) is 15.3. The number of aromatic nitrogens is 2. The van der Waals surface area contributed by atoms with Crippen LogP contribution >= 0.6 is 0 Å². The van der Waals surface area contributed by atoms with Gasteiger partial charge in [-0.1, -0.05) is 37.8 Å². The molecular weight excluding hydrogens is 554 g/mol. The highest BCUT2D eigenvalue weighted by atomic mass is 19.1. The number of halogens is 2. The van der Waals surface area contributed by atoms with Crippen molar-refractivity contribution in [3.05, 3.63) is 52.1 Å². The Morgan fingerprint density at radius 1 is 1.19 bits per heavy atom. The zero-order valence-corrected chi connectivity index (χ0v) is 24.3. The number of hydrogen-bond donors (Lipinski definition) is 2. The topological polar surface area (TPSA) is 101 Å². The number of rotatable bonds is 8. The molecule has 7 rings (SSSR count). The number of nitrogens with one attached hydrogen (secondary N) is 1. The van der Waals surface area contributed by atoms with Gasteiger partial charge in [-0.25, -0.2) is 13.6 Å². The van der Waals surface area contributed by atoms with Crippen molar-refractivity contribution in [3.8, 4) is 23.1 Å². The molecular formula is C33H36F2N4O4. The summed E-state index contributed by atoms with van der Waals surface area (Å²) in [6, 6.07) is 7.52. The van der Waals surface area contributed by atoms with Gasteiger partial charge >= 0.3 is 11.6 Å². The van der Waals surface area contributed by atoms with Gasteiger partial charge in [-0.05, 0) is 62.2 Å². The first-order valence-corrected chi connectivity index (χ1v) is 15.3. The summed E-state index contributed by atoms with van der Waals surface area (Å²) in [6.45, 7) is 3.87. The van der Waals surface area contributed by atoms with Gasteiger partial charge in [0.2, 0.25) is 0 Å². The van der Waals surface area contributed by atoms with E-state index >= 15 is 4.39 Å². The third kappa shape index (κ3) is 5.09. The minimum atomic E-state index is -0.888. The highest BCUT2D eigenvalue weighted by molar-refractivity contribution is 6.00. The van der Waals surface area contributed by atoms with E-state index in [1.54, 1.807) is 19.1 Å². The van der Waals surface area contributed by atoms with E-state index < -0.39 is 17.6 Å². The normalized spacial score (nSPS) is 22.5. The molecule has 0 bridgehead atoms. The second-order valence-electron chi connectivity index (χ2n) is 12.5. The average molecular weight is 591 g/mol. The van der Waals surface area contributed by atoms with Crippen LogP contribution < -0.4 is 15.7 Å². The van der Waals surface area contributed by atoms with Crippen LogP contribution in [0.5, 0.6) is 11.8 Å². The maximum absolute atomic E-state index is 15.1. The zero-order valence-electron chi connectivity index (χ0n) is 24.3. The summed E-state index contributed by atoms with van der Waals surface area (Å²) in [5.41, 5.74) is 0.00267. The Hall–Kier alpha value is -3.79. The first-order chi connectivity index (χ1) is 20.8. The van der Waals surface area contributed by atoms with E-state index in [1.165, 1.54) is 43.9 Å². The Morgan fingerprint density at radius 2 is 2.02 bits per heavy atom. The minimum Gasteiger partial charge on any atom is -0.508 e. The molecule has 2 aromatic heterocycles. The van der Waals surface area contributed by atoms with Crippen LogP contribution in [0.3, 0.4) is 0 Å². The van der Waals surface area contributed by atoms with Gasteiger partial charge in [-0.2, -0.15) is 9.97 Å². The molecule has 2 atom stereocenters. The highest BCUT2D eigenvalue weighted by Gasteiger charge is 2.49. The van der Waals surface area contributed by atoms with Crippen LogP contribution in [0.25, 0.3) is 33.0 Å². The lowest BCUT2D eigenvalue weighted by Gasteiger charge is -2.30. The average Bonchev–Trinajstić information content (AvgIpc) is 3.70. The van der Waals surface area contributed by atoms with E-state index in [0.29, 0.717) is 47.7 Å². The predicted octanol–water partition coefficient (Wildman–Crippen LogP) is 6.50. The molecule has 0 unspecified atom stereocenters. The summed E-state index contributed by atoms with van der Waals surface area (Å²) in [6.07, 6.45) is 7.20. The Kier molecular flexibility index (Phi) is 7.19. The summed E-state index contributed by atoms with van der Waals surface area (Å²) >= 11 is 0. The van der Waals surface area contributed by atoms with Crippen molar-refractivity contribution in [2.75, 3.05) is 31.6 Å². The van der Waals surface area contributed by atoms with Crippen molar-refractivity contribution in [2.45, 2.75) is 70.0 Å². The van der Waals surface area contributed by atoms with Gasteiger partial charge in [-0.3, -0.25) is 4.90 Å². The summed E-state index contributed by atoms with van der Waals surface area (Å²) in [4.78, 5) is 25.1. The molecule has 43 heavy (non-hydrogen) atoms. The van der Waals surface area contributed by atoms with Gasteiger partial charge < -0.3 is 19.6 Å². The number of benzene rings is 2. The third-order valence-corrected chi connectivity index (χ3v) is 9.69. The van der Waals surface area contributed by atoms with Crippen molar-refractivity contribution in [3.63, 3.8) is 0 Å². The molecule has 8 nitrogen and oxygen atoms in total. The van der Waals surface area contributed by atoms with Gasteiger partial charge in [0.25, 0.3) is 0 Å². The number of phenolic OH excluding ortho intramolecular Hbond substituents is 1. The number of phenols is 1. The molecule has 4 aromatic rings. The second-order valence-corrected chi connectivity index (χ2v) is 12.5. The lowest BCUT2D eigenvalue weighted by atomic mass is 9.95. The predicted molar refractivity (Wildman–Crippen MR) is 161 cm³/mol. The third-order valence-electron chi connectivity index (χ3n) is 9.69. The molecule has 1 aliphatic carbocycles. The molecule has 2 saturated heterocycles. The minimum absolute atomic E-state index is 0.0840. The molecule has 226 valence electrons. The quantitative estimate of drug-likeness (QED) is 0.240. The van der Waals surface area contributed by atoms with Crippen LogP contribution in [0.2, 0.25) is 0 Å². The van der Waals surface area contributed by atoms with Crippen molar-refractivity contribution >= 4 is 27.5 Å². The molecule has 2 aromatic carbocycles. The maximum atomic E-state index is 15.1. The number of anilines is 1. The fourth-order valence-corrected chi connectivity index (χ4v) is 7.57. The van der Waals surface area contributed by atoms with Crippen LogP contribution in [0.1, 0.15) is 56.9 Å². The van der Waals surface area contributed by atoms with E-state index in [9.17, 15) is 14.3 Å². The van der Waals surface area contributed by atoms with Crippen molar-refractivity contribution in [1.82, 2.24) is 14.9 Å². The van der Waals surface area contributed by atoms with Gasteiger partial charge in [0.05, 0.1) is 11.1 Å². The molecule has 0 amide bonds.